The van der Waals surface area contributed by atoms with Crippen LogP contribution in [0.2, 0.25) is 0 Å². The minimum Gasteiger partial charge on any atom is -0.463 e. The summed E-state index contributed by atoms with van der Waals surface area (Å²) in [5, 5.41) is 10.8. The zero-order chi connectivity index (χ0) is 17.6. The third-order valence-electron chi connectivity index (χ3n) is 4.13. The van der Waals surface area contributed by atoms with Gasteiger partial charge in [0.1, 0.15) is 6.61 Å². The Morgan fingerprint density at radius 1 is 1.08 bits per heavy atom. The summed E-state index contributed by atoms with van der Waals surface area (Å²) in [6, 6.07) is 16.6. The molecule has 0 spiro atoms. The van der Waals surface area contributed by atoms with Crippen LogP contribution in [0.25, 0.3) is 11.1 Å². The van der Waals surface area contributed by atoms with Crippen LogP contribution in [0.5, 0.6) is 0 Å². The highest BCUT2D eigenvalue weighted by atomic mass is 16.5. The molecule has 3 rings (SSSR count). The van der Waals surface area contributed by atoms with E-state index in [2.05, 4.69) is 34.3 Å². The van der Waals surface area contributed by atoms with Gasteiger partial charge in [0.25, 0.3) is 6.02 Å². The molecule has 0 aromatic heterocycles. The second-order valence-corrected chi connectivity index (χ2v) is 5.74. The van der Waals surface area contributed by atoms with Crippen molar-refractivity contribution in [2.45, 2.75) is 13.1 Å². The molecule has 0 saturated heterocycles. The second kappa shape index (κ2) is 7.70. The van der Waals surface area contributed by atoms with Crippen LogP contribution in [0.3, 0.4) is 0 Å². The summed E-state index contributed by atoms with van der Waals surface area (Å²) in [5.41, 5.74) is 4.71. The summed E-state index contributed by atoms with van der Waals surface area (Å²) in [6.07, 6.45) is -0.507. The van der Waals surface area contributed by atoms with E-state index >= 15 is 0 Å². The van der Waals surface area contributed by atoms with E-state index in [4.69, 9.17) is 10.1 Å². The van der Waals surface area contributed by atoms with E-state index in [1.54, 1.807) is 0 Å². The van der Waals surface area contributed by atoms with E-state index in [0.717, 1.165) is 11.1 Å². The fourth-order valence-corrected chi connectivity index (χ4v) is 2.92. The Morgan fingerprint density at radius 3 is 2.20 bits per heavy atom. The molecule has 2 aromatic carbocycles. The number of alkyl carbamates (subject to hydrolysis) is 1. The van der Waals surface area contributed by atoms with Crippen LogP contribution in [-0.2, 0) is 22.6 Å². The SMILES string of the molecule is COC(=O)NCCOC(=N)N1Cc2ccccc2-c2ccccc2C1. The summed E-state index contributed by atoms with van der Waals surface area (Å²) in [7, 11) is 1.31. The van der Waals surface area contributed by atoms with Crippen LogP contribution >= 0.6 is 0 Å². The molecular formula is C19H21N3O3. The fraction of sp³-hybridized carbons (Fsp3) is 0.263. The summed E-state index contributed by atoms with van der Waals surface area (Å²) in [4.78, 5) is 12.9. The molecule has 0 bridgehead atoms. The van der Waals surface area contributed by atoms with Crippen molar-refractivity contribution >= 4 is 12.1 Å². The molecule has 1 heterocycles. The van der Waals surface area contributed by atoms with Gasteiger partial charge in [0.15, 0.2) is 0 Å². The molecule has 1 amide bonds. The highest BCUT2D eigenvalue weighted by molar-refractivity contribution is 5.76. The van der Waals surface area contributed by atoms with E-state index in [9.17, 15) is 4.79 Å². The molecule has 2 aromatic rings. The Hall–Kier alpha value is -3.02. The quantitative estimate of drug-likeness (QED) is 0.512. The number of fused-ring (bicyclic) bond motifs is 3. The van der Waals surface area contributed by atoms with Crippen molar-refractivity contribution in [3.05, 3.63) is 59.7 Å². The zero-order valence-corrected chi connectivity index (χ0v) is 14.1. The van der Waals surface area contributed by atoms with Crippen LogP contribution in [-0.4, -0.2) is 37.3 Å². The summed E-state index contributed by atoms with van der Waals surface area (Å²) in [6.45, 7) is 1.71. The number of hydrogen-bond donors (Lipinski definition) is 2. The Morgan fingerprint density at radius 2 is 1.64 bits per heavy atom. The van der Waals surface area contributed by atoms with Gasteiger partial charge in [-0.05, 0) is 22.3 Å². The molecule has 0 radical (unpaired) electrons. The molecule has 1 aliphatic heterocycles. The molecule has 1 aliphatic rings. The third-order valence-corrected chi connectivity index (χ3v) is 4.13. The van der Waals surface area contributed by atoms with E-state index < -0.39 is 6.09 Å². The zero-order valence-electron chi connectivity index (χ0n) is 14.1. The number of amides is 1. The lowest BCUT2D eigenvalue weighted by molar-refractivity contribution is 0.165. The van der Waals surface area contributed by atoms with Gasteiger partial charge in [0.05, 0.1) is 13.7 Å². The first kappa shape index (κ1) is 16.8. The Balaban J connectivity index is 1.72. The van der Waals surface area contributed by atoms with Gasteiger partial charge in [-0.1, -0.05) is 48.5 Å². The van der Waals surface area contributed by atoms with Crippen molar-refractivity contribution in [3.8, 4) is 11.1 Å². The average Bonchev–Trinajstić information content (AvgIpc) is 2.81. The highest BCUT2D eigenvalue weighted by Gasteiger charge is 2.21. The van der Waals surface area contributed by atoms with Crippen LogP contribution in [0, 0.1) is 5.41 Å². The molecule has 6 heteroatoms. The van der Waals surface area contributed by atoms with Crippen LogP contribution < -0.4 is 5.32 Å². The Labute approximate surface area is 146 Å². The standard InChI is InChI=1S/C19H21N3O3/c1-24-19(23)21-10-11-25-18(20)22-12-14-6-2-4-8-16(14)17-9-5-3-7-15(17)13-22/h2-9,20H,10-13H2,1H3,(H,21,23). The van der Waals surface area contributed by atoms with Crippen molar-refractivity contribution in [2.24, 2.45) is 0 Å². The fourth-order valence-electron chi connectivity index (χ4n) is 2.92. The largest absolute Gasteiger partial charge is 0.463 e. The lowest BCUT2D eigenvalue weighted by Gasteiger charge is -2.23. The van der Waals surface area contributed by atoms with Crippen molar-refractivity contribution in [2.75, 3.05) is 20.3 Å². The second-order valence-electron chi connectivity index (χ2n) is 5.74. The maximum absolute atomic E-state index is 11.0. The number of rotatable bonds is 3. The number of carbonyl (C=O) groups excluding carboxylic acids is 1. The molecule has 130 valence electrons. The van der Waals surface area contributed by atoms with E-state index in [1.807, 2.05) is 29.2 Å². The van der Waals surface area contributed by atoms with Gasteiger partial charge >= 0.3 is 6.09 Å². The minimum absolute atomic E-state index is 0.0955. The number of benzene rings is 2. The molecule has 0 aliphatic carbocycles. The first-order chi connectivity index (χ1) is 12.2. The Bertz CT molecular complexity index is 729. The lowest BCUT2D eigenvalue weighted by Crippen LogP contribution is -2.34. The lowest BCUT2D eigenvalue weighted by atomic mass is 9.97. The maximum atomic E-state index is 11.0. The first-order valence-corrected chi connectivity index (χ1v) is 8.13. The summed E-state index contributed by atoms with van der Waals surface area (Å²) in [5.74, 6) is 0. The smallest absolute Gasteiger partial charge is 0.406 e. The van der Waals surface area contributed by atoms with Crippen molar-refractivity contribution in [1.82, 2.24) is 10.2 Å². The van der Waals surface area contributed by atoms with Gasteiger partial charge in [0, 0.05) is 13.1 Å². The summed E-state index contributed by atoms with van der Waals surface area (Å²) >= 11 is 0. The monoisotopic (exact) mass is 339 g/mol. The molecule has 0 unspecified atom stereocenters. The molecule has 0 atom stereocenters. The van der Waals surface area contributed by atoms with E-state index in [1.165, 1.54) is 18.2 Å². The number of carbonyl (C=O) groups is 1. The average molecular weight is 339 g/mol. The molecule has 0 saturated carbocycles. The van der Waals surface area contributed by atoms with Crippen molar-refractivity contribution < 1.29 is 14.3 Å². The number of ether oxygens (including phenoxy) is 2. The van der Waals surface area contributed by atoms with Gasteiger partial charge in [-0.25, -0.2) is 4.79 Å². The predicted octanol–water partition coefficient (Wildman–Crippen LogP) is 2.98. The third kappa shape index (κ3) is 3.91. The van der Waals surface area contributed by atoms with Crippen molar-refractivity contribution in [1.29, 1.82) is 5.41 Å². The molecule has 25 heavy (non-hydrogen) atoms. The van der Waals surface area contributed by atoms with Gasteiger partial charge in [0.2, 0.25) is 0 Å². The molecule has 2 N–H and O–H groups in total. The normalized spacial score (nSPS) is 12.4. The van der Waals surface area contributed by atoms with E-state index in [0.29, 0.717) is 13.1 Å². The number of methoxy groups -OCH3 is 1. The van der Waals surface area contributed by atoms with Crippen molar-refractivity contribution in [3.63, 3.8) is 0 Å². The summed E-state index contributed by atoms with van der Waals surface area (Å²) < 4.78 is 10.00. The van der Waals surface area contributed by atoms with Crippen LogP contribution in [0.15, 0.2) is 48.5 Å². The number of nitrogens with one attached hydrogen (secondary N) is 2. The van der Waals surface area contributed by atoms with Gasteiger partial charge in [-0.3, -0.25) is 5.41 Å². The van der Waals surface area contributed by atoms with Crippen LogP contribution in [0.4, 0.5) is 4.79 Å². The number of hydrogen-bond acceptors (Lipinski definition) is 4. The van der Waals surface area contributed by atoms with E-state index in [-0.39, 0.29) is 19.2 Å². The van der Waals surface area contributed by atoms with Gasteiger partial charge in [-0.2, -0.15) is 0 Å². The molecule has 6 nitrogen and oxygen atoms in total. The molecule has 0 fully saturated rings. The predicted molar refractivity (Wildman–Crippen MR) is 95.2 cm³/mol. The Kier molecular flexibility index (Phi) is 5.18. The van der Waals surface area contributed by atoms with Crippen LogP contribution in [0.1, 0.15) is 11.1 Å². The molecular weight excluding hydrogens is 318 g/mol. The maximum Gasteiger partial charge on any atom is 0.406 e. The topological polar surface area (TPSA) is 74.6 Å². The number of nitrogens with zero attached hydrogens (tertiary/aromatic N) is 1. The number of amidine groups is 1. The highest BCUT2D eigenvalue weighted by Crippen LogP contribution is 2.32. The van der Waals surface area contributed by atoms with Gasteiger partial charge < -0.3 is 19.7 Å². The van der Waals surface area contributed by atoms with Gasteiger partial charge in [-0.15, -0.1) is 0 Å². The minimum atomic E-state index is -0.507. The first-order valence-electron chi connectivity index (χ1n) is 8.13.